The number of carbonyl (C=O) groups excluding carboxylic acids is 1. The Morgan fingerprint density at radius 2 is 1.62 bits per heavy atom. The Morgan fingerprint density at radius 1 is 0.966 bits per heavy atom. The lowest BCUT2D eigenvalue weighted by atomic mass is 10.1. The first-order chi connectivity index (χ1) is 13.8. The van der Waals surface area contributed by atoms with Crippen LogP contribution in [0, 0.1) is 6.92 Å². The Labute approximate surface area is 174 Å². The SMILES string of the molecule is COc1ccc(NC(=O)c2ccc(NS(=O)(=O)c3ccc(Cl)cc3)c(C)c2)cc1. The van der Waals surface area contributed by atoms with E-state index in [4.69, 9.17) is 16.3 Å². The van der Waals surface area contributed by atoms with Gasteiger partial charge in [0, 0.05) is 16.3 Å². The van der Waals surface area contributed by atoms with Crippen LogP contribution in [0.5, 0.6) is 5.75 Å². The van der Waals surface area contributed by atoms with Gasteiger partial charge >= 0.3 is 0 Å². The van der Waals surface area contributed by atoms with E-state index in [-0.39, 0.29) is 10.8 Å². The summed E-state index contributed by atoms with van der Waals surface area (Å²) in [6.07, 6.45) is 0. The monoisotopic (exact) mass is 430 g/mol. The molecule has 6 nitrogen and oxygen atoms in total. The smallest absolute Gasteiger partial charge is 0.261 e. The third-order valence-corrected chi connectivity index (χ3v) is 5.84. The van der Waals surface area contributed by atoms with Crippen LogP contribution >= 0.6 is 11.6 Å². The van der Waals surface area contributed by atoms with Crippen molar-refractivity contribution in [3.8, 4) is 5.75 Å². The molecule has 3 aromatic rings. The molecule has 0 atom stereocenters. The molecule has 0 saturated carbocycles. The lowest BCUT2D eigenvalue weighted by Gasteiger charge is -2.12. The standard InChI is InChI=1S/C21H19ClN2O4S/c1-14-13-15(21(25)23-17-6-8-18(28-2)9-7-17)3-12-20(14)24-29(26,27)19-10-4-16(22)5-11-19/h3-13,24H,1-2H3,(H,23,25). The van der Waals surface area contributed by atoms with Crippen molar-refractivity contribution in [3.05, 3.63) is 82.9 Å². The van der Waals surface area contributed by atoms with Crippen LogP contribution in [0.1, 0.15) is 15.9 Å². The number of anilines is 2. The number of ether oxygens (including phenoxy) is 1. The molecule has 0 aliphatic rings. The Morgan fingerprint density at radius 3 is 2.21 bits per heavy atom. The van der Waals surface area contributed by atoms with Crippen molar-refractivity contribution in [1.82, 2.24) is 0 Å². The summed E-state index contributed by atoms with van der Waals surface area (Å²) in [7, 11) is -2.19. The number of amides is 1. The van der Waals surface area contributed by atoms with E-state index in [1.165, 1.54) is 24.3 Å². The van der Waals surface area contributed by atoms with Gasteiger partial charge in [-0.2, -0.15) is 0 Å². The Hall–Kier alpha value is -3.03. The second-order valence-corrected chi connectivity index (χ2v) is 8.39. The maximum atomic E-state index is 12.5. The summed E-state index contributed by atoms with van der Waals surface area (Å²) in [5.74, 6) is 0.390. The molecule has 2 N–H and O–H groups in total. The molecule has 0 aromatic heterocycles. The number of sulfonamides is 1. The second-order valence-electron chi connectivity index (χ2n) is 6.27. The minimum absolute atomic E-state index is 0.0997. The molecule has 3 aromatic carbocycles. The molecule has 1 amide bonds. The Bertz CT molecular complexity index is 1130. The first kappa shape index (κ1) is 20.7. The van der Waals surface area contributed by atoms with Crippen LogP contribution in [0.2, 0.25) is 5.02 Å². The number of rotatable bonds is 6. The number of benzene rings is 3. The number of hydrogen-bond acceptors (Lipinski definition) is 4. The topological polar surface area (TPSA) is 84.5 Å². The highest BCUT2D eigenvalue weighted by atomic mass is 35.5. The zero-order chi connectivity index (χ0) is 21.0. The molecule has 0 radical (unpaired) electrons. The van der Waals surface area contributed by atoms with Crippen LogP contribution in [0.3, 0.4) is 0 Å². The molecular formula is C21H19ClN2O4S. The molecule has 0 fully saturated rings. The number of methoxy groups -OCH3 is 1. The summed E-state index contributed by atoms with van der Waals surface area (Å²) in [6, 6.07) is 17.6. The third kappa shape index (κ3) is 5.07. The predicted octanol–water partition coefficient (Wildman–Crippen LogP) is 4.71. The third-order valence-electron chi connectivity index (χ3n) is 4.20. The predicted molar refractivity (Wildman–Crippen MR) is 114 cm³/mol. The summed E-state index contributed by atoms with van der Waals surface area (Å²) < 4.78 is 32.7. The number of hydrogen-bond donors (Lipinski definition) is 2. The summed E-state index contributed by atoms with van der Waals surface area (Å²) in [6.45, 7) is 1.73. The van der Waals surface area contributed by atoms with Crippen LogP contribution in [-0.2, 0) is 10.0 Å². The van der Waals surface area contributed by atoms with Gasteiger partial charge < -0.3 is 10.1 Å². The summed E-state index contributed by atoms with van der Waals surface area (Å²) in [4.78, 5) is 12.6. The fourth-order valence-corrected chi connectivity index (χ4v) is 3.87. The van der Waals surface area contributed by atoms with E-state index in [1.54, 1.807) is 56.5 Å². The highest BCUT2D eigenvalue weighted by Crippen LogP contribution is 2.23. The highest BCUT2D eigenvalue weighted by molar-refractivity contribution is 7.92. The van der Waals surface area contributed by atoms with Gasteiger partial charge in [-0.05, 0) is 79.2 Å². The fraction of sp³-hybridized carbons (Fsp3) is 0.0952. The zero-order valence-electron chi connectivity index (χ0n) is 15.8. The fourth-order valence-electron chi connectivity index (χ4n) is 2.61. The molecule has 0 unspecified atom stereocenters. The van der Waals surface area contributed by atoms with Gasteiger partial charge in [-0.15, -0.1) is 0 Å². The van der Waals surface area contributed by atoms with Crippen LogP contribution in [-0.4, -0.2) is 21.4 Å². The average molecular weight is 431 g/mol. The van der Waals surface area contributed by atoms with Crippen molar-refractivity contribution in [3.63, 3.8) is 0 Å². The van der Waals surface area contributed by atoms with Crippen molar-refractivity contribution >= 4 is 38.9 Å². The Kier molecular flexibility index (Phi) is 6.10. The lowest BCUT2D eigenvalue weighted by molar-refractivity contribution is 0.102. The summed E-state index contributed by atoms with van der Waals surface area (Å²) in [5, 5.41) is 3.24. The quantitative estimate of drug-likeness (QED) is 0.593. The van der Waals surface area contributed by atoms with Gasteiger partial charge in [0.15, 0.2) is 0 Å². The first-order valence-corrected chi connectivity index (χ1v) is 10.5. The van der Waals surface area contributed by atoms with Crippen molar-refractivity contribution in [1.29, 1.82) is 0 Å². The van der Waals surface area contributed by atoms with Gasteiger partial charge in [0.05, 0.1) is 17.7 Å². The van der Waals surface area contributed by atoms with E-state index in [1.807, 2.05) is 0 Å². The molecule has 8 heteroatoms. The number of nitrogens with one attached hydrogen (secondary N) is 2. The molecule has 0 spiro atoms. The van der Waals surface area contributed by atoms with E-state index < -0.39 is 10.0 Å². The van der Waals surface area contributed by atoms with Crippen molar-refractivity contribution in [2.24, 2.45) is 0 Å². The number of aryl methyl sites for hydroxylation is 1. The maximum absolute atomic E-state index is 12.5. The van der Waals surface area contributed by atoms with Crippen molar-refractivity contribution < 1.29 is 17.9 Å². The van der Waals surface area contributed by atoms with E-state index in [0.717, 1.165) is 0 Å². The molecular weight excluding hydrogens is 412 g/mol. The first-order valence-electron chi connectivity index (χ1n) is 8.63. The number of carbonyl (C=O) groups is 1. The minimum Gasteiger partial charge on any atom is -0.497 e. The summed E-state index contributed by atoms with van der Waals surface area (Å²) >= 11 is 5.81. The van der Waals surface area contributed by atoms with Gasteiger partial charge in [-0.3, -0.25) is 9.52 Å². The summed E-state index contributed by atoms with van der Waals surface area (Å²) in [5.41, 5.74) is 2.04. The van der Waals surface area contributed by atoms with Crippen molar-refractivity contribution in [2.45, 2.75) is 11.8 Å². The molecule has 29 heavy (non-hydrogen) atoms. The van der Waals surface area contributed by atoms with E-state index in [9.17, 15) is 13.2 Å². The van der Waals surface area contributed by atoms with Crippen LogP contribution in [0.25, 0.3) is 0 Å². The van der Waals surface area contributed by atoms with E-state index >= 15 is 0 Å². The molecule has 0 saturated heterocycles. The molecule has 0 bridgehead atoms. The number of halogens is 1. The minimum atomic E-state index is -3.76. The van der Waals surface area contributed by atoms with Gasteiger partial charge in [-0.1, -0.05) is 11.6 Å². The Balaban J connectivity index is 1.75. The molecule has 150 valence electrons. The van der Waals surface area contributed by atoms with Crippen LogP contribution < -0.4 is 14.8 Å². The average Bonchev–Trinajstić information content (AvgIpc) is 2.70. The van der Waals surface area contributed by atoms with Crippen LogP contribution in [0.4, 0.5) is 11.4 Å². The van der Waals surface area contributed by atoms with E-state index in [2.05, 4.69) is 10.0 Å². The maximum Gasteiger partial charge on any atom is 0.261 e. The van der Waals surface area contributed by atoms with Gasteiger partial charge in [-0.25, -0.2) is 8.42 Å². The second kappa shape index (κ2) is 8.55. The molecule has 0 aliphatic heterocycles. The molecule has 3 rings (SSSR count). The molecule has 0 aliphatic carbocycles. The van der Waals surface area contributed by atoms with Crippen molar-refractivity contribution in [2.75, 3.05) is 17.1 Å². The van der Waals surface area contributed by atoms with E-state index in [0.29, 0.717) is 33.3 Å². The highest BCUT2D eigenvalue weighted by Gasteiger charge is 2.16. The van der Waals surface area contributed by atoms with Gasteiger partial charge in [0.2, 0.25) is 0 Å². The normalized spacial score (nSPS) is 11.0. The van der Waals surface area contributed by atoms with Gasteiger partial charge in [0.1, 0.15) is 5.75 Å². The lowest BCUT2D eigenvalue weighted by Crippen LogP contribution is -2.15. The zero-order valence-corrected chi connectivity index (χ0v) is 17.3. The molecule has 0 heterocycles. The van der Waals surface area contributed by atoms with Crippen LogP contribution in [0.15, 0.2) is 71.6 Å². The van der Waals surface area contributed by atoms with Gasteiger partial charge in [0.25, 0.3) is 15.9 Å². The largest absolute Gasteiger partial charge is 0.497 e.